The maximum absolute atomic E-state index is 12.8. The molecule has 2 aromatic rings. The highest BCUT2D eigenvalue weighted by atomic mass is 127. The Morgan fingerprint density at radius 1 is 0.895 bits per heavy atom. The van der Waals surface area contributed by atoms with Gasteiger partial charge in [0.2, 0.25) is 0 Å². The molecule has 2 aromatic carbocycles. The number of halogens is 2. The Morgan fingerprint density at radius 3 is 1.84 bits per heavy atom. The summed E-state index contributed by atoms with van der Waals surface area (Å²) in [5.74, 6) is -0.0487. The third-order valence-corrected chi connectivity index (χ3v) is 3.85. The van der Waals surface area contributed by atoms with Crippen LogP contribution in [-0.2, 0) is 12.8 Å². The molecule has 3 heteroatoms. The van der Waals surface area contributed by atoms with Gasteiger partial charge in [-0.3, -0.25) is 0 Å². The molecular formula is C16H16FIO. The lowest BCUT2D eigenvalue weighted by Gasteiger charge is -2.14. The molecule has 0 saturated carbocycles. The van der Waals surface area contributed by atoms with Gasteiger partial charge in [-0.1, -0.05) is 24.3 Å². The maximum Gasteiger partial charge on any atom is 0.123 e. The normalized spacial score (nSPS) is 12.4. The topological polar surface area (TPSA) is 20.2 Å². The number of aliphatic hydroxyl groups is 1. The van der Waals surface area contributed by atoms with E-state index in [1.54, 1.807) is 12.1 Å². The molecule has 0 fully saturated rings. The summed E-state index contributed by atoms with van der Waals surface area (Å²) in [4.78, 5) is 0. The highest BCUT2D eigenvalue weighted by Crippen LogP contribution is 2.16. The summed E-state index contributed by atoms with van der Waals surface area (Å²) < 4.78 is 14.0. The van der Waals surface area contributed by atoms with Crippen molar-refractivity contribution in [2.45, 2.75) is 12.8 Å². The van der Waals surface area contributed by atoms with Crippen LogP contribution in [0.4, 0.5) is 4.39 Å². The Hall–Kier alpha value is -0.940. The lowest BCUT2D eigenvalue weighted by Crippen LogP contribution is -2.13. The molecule has 1 nitrogen and oxygen atoms in total. The summed E-state index contributed by atoms with van der Waals surface area (Å²) >= 11 is 2.28. The Bertz CT molecular complexity index is 460. The number of rotatable bonds is 5. The molecule has 0 aliphatic carbocycles. The minimum Gasteiger partial charge on any atom is -0.396 e. The van der Waals surface area contributed by atoms with Crippen LogP contribution in [0.5, 0.6) is 0 Å². The van der Waals surface area contributed by atoms with E-state index in [1.165, 1.54) is 21.3 Å². The van der Waals surface area contributed by atoms with E-state index < -0.39 is 0 Å². The zero-order chi connectivity index (χ0) is 13.7. The first-order valence-electron chi connectivity index (χ1n) is 6.27. The summed E-state index contributed by atoms with van der Waals surface area (Å²) in [6.45, 7) is 0.142. The summed E-state index contributed by atoms with van der Waals surface area (Å²) in [6, 6.07) is 14.8. The minimum atomic E-state index is -0.220. The molecule has 0 bridgehead atoms. The number of hydrogen-bond acceptors (Lipinski definition) is 1. The average Bonchev–Trinajstić information content (AvgIpc) is 2.43. The quantitative estimate of drug-likeness (QED) is 0.794. The van der Waals surface area contributed by atoms with Crippen molar-refractivity contribution in [2.75, 3.05) is 6.61 Å². The largest absolute Gasteiger partial charge is 0.396 e. The molecule has 0 radical (unpaired) electrons. The Balaban J connectivity index is 2.00. The Morgan fingerprint density at radius 2 is 1.37 bits per heavy atom. The van der Waals surface area contributed by atoms with E-state index in [4.69, 9.17) is 0 Å². The molecule has 0 saturated heterocycles. The van der Waals surface area contributed by atoms with Gasteiger partial charge in [-0.25, -0.2) is 4.39 Å². The van der Waals surface area contributed by atoms with Crippen LogP contribution in [0.15, 0.2) is 48.5 Å². The van der Waals surface area contributed by atoms with Crippen molar-refractivity contribution in [3.05, 3.63) is 69.0 Å². The molecule has 1 N–H and O–H groups in total. The number of benzene rings is 2. The summed E-state index contributed by atoms with van der Waals surface area (Å²) in [5.41, 5.74) is 2.28. The van der Waals surface area contributed by atoms with Crippen molar-refractivity contribution in [2.24, 2.45) is 5.92 Å². The lowest BCUT2D eigenvalue weighted by molar-refractivity contribution is 0.225. The van der Waals surface area contributed by atoms with Crippen LogP contribution in [-0.4, -0.2) is 11.7 Å². The predicted molar refractivity (Wildman–Crippen MR) is 83.5 cm³/mol. The van der Waals surface area contributed by atoms with Crippen LogP contribution in [0.1, 0.15) is 11.1 Å². The Kier molecular flexibility index (Phi) is 5.34. The summed E-state index contributed by atoms with van der Waals surface area (Å²) in [7, 11) is 0. The van der Waals surface area contributed by atoms with Gasteiger partial charge in [-0.15, -0.1) is 0 Å². The fourth-order valence-corrected chi connectivity index (χ4v) is 2.47. The van der Waals surface area contributed by atoms with E-state index in [0.29, 0.717) is 0 Å². The zero-order valence-electron chi connectivity index (χ0n) is 10.5. The van der Waals surface area contributed by atoms with Crippen molar-refractivity contribution >= 4 is 22.6 Å². The van der Waals surface area contributed by atoms with Crippen molar-refractivity contribution in [1.82, 2.24) is 0 Å². The molecule has 0 amide bonds. The second kappa shape index (κ2) is 7.01. The number of aliphatic hydroxyl groups excluding tert-OH is 1. The van der Waals surface area contributed by atoms with Crippen LogP contribution in [0.25, 0.3) is 0 Å². The van der Waals surface area contributed by atoms with Gasteiger partial charge in [0.1, 0.15) is 5.82 Å². The van der Waals surface area contributed by atoms with Gasteiger partial charge in [0.15, 0.2) is 0 Å². The molecule has 0 aromatic heterocycles. The van der Waals surface area contributed by atoms with Crippen molar-refractivity contribution in [3.63, 3.8) is 0 Å². The van der Waals surface area contributed by atoms with Gasteiger partial charge >= 0.3 is 0 Å². The van der Waals surface area contributed by atoms with Crippen LogP contribution >= 0.6 is 22.6 Å². The molecule has 1 atom stereocenters. The highest BCUT2D eigenvalue weighted by Gasteiger charge is 2.10. The molecule has 19 heavy (non-hydrogen) atoms. The first-order valence-corrected chi connectivity index (χ1v) is 7.35. The van der Waals surface area contributed by atoms with E-state index in [0.717, 1.165) is 18.4 Å². The van der Waals surface area contributed by atoms with Gasteiger partial charge in [-0.05, 0) is 76.7 Å². The predicted octanol–water partition coefficient (Wildman–Crippen LogP) is 3.82. The summed E-state index contributed by atoms with van der Waals surface area (Å²) in [5, 5.41) is 9.48. The molecule has 0 heterocycles. The monoisotopic (exact) mass is 370 g/mol. The van der Waals surface area contributed by atoms with Gasteiger partial charge in [0, 0.05) is 10.2 Å². The smallest absolute Gasteiger partial charge is 0.123 e. The maximum atomic E-state index is 12.8. The van der Waals surface area contributed by atoms with Crippen LogP contribution in [0, 0.1) is 15.3 Å². The molecule has 100 valence electrons. The molecule has 2 rings (SSSR count). The molecule has 0 aliphatic rings. The Labute approximate surface area is 126 Å². The van der Waals surface area contributed by atoms with E-state index in [1.807, 2.05) is 0 Å². The molecule has 1 unspecified atom stereocenters. The van der Waals surface area contributed by atoms with Crippen molar-refractivity contribution in [1.29, 1.82) is 0 Å². The van der Waals surface area contributed by atoms with Gasteiger partial charge in [-0.2, -0.15) is 0 Å². The van der Waals surface area contributed by atoms with Gasteiger partial charge < -0.3 is 5.11 Å². The van der Waals surface area contributed by atoms with Crippen LogP contribution in [0.2, 0.25) is 0 Å². The van der Waals surface area contributed by atoms with Crippen LogP contribution in [0.3, 0.4) is 0 Å². The second-order valence-corrected chi connectivity index (χ2v) is 5.96. The first-order chi connectivity index (χ1) is 9.17. The van der Waals surface area contributed by atoms with Crippen LogP contribution < -0.4 is 0 Å². The van der Waals surface area contributed by atoms with Gasteiger partial charge in [0.05, 0.1) is 0 Å². The standard InChI is InChI=1S/C16H16FIO/c17-15-5-1-12(2-6-15)9-14(11-19)10-13-3-7-16(18)8-4-13/h1-8,14,19H,9-11H2. The third kappa shape index (κ3) is 4.58. The van der Waals surface area contributed by atoms with E-state index in [-0.39, 0.29) is 18.3 Å². The molecule has 0 spiro atoms. The third-order valence-electron chi connectivity index (χ3n) is 3.13. The van der Waals surface area contributed by atoms with E-state index in [9.17, 15) is 9.50 Å². The van der Waals surface area contributed by atoms with E-state index >= 15 is 0 Å². The van der Waals surface area contributed by atoms with E-state index in [2.05, 4.69) is 46.9 Å². The first kappa shape index (κ1) is 14.5. The second-order valence-electron chi connectivity index (χ2n) is 4.71. The van der Waals surface area contributed by atoms with Gasteiger partial charge in [0.25, 0.3) is 0 Å². The fourth-order valence-electron chi connectivity index (χ4n) is 2.11. The average molecular weight is 370 g/mol. The van der Waals surface area contributed by atoms with Crippen molar-refractivity contribution < 1.29 is 9.50 Å². The highest BCUT2D eigenvalue weighted by molar-refractivity contribution is 14.1. The molecular weight excluding hydrogens is 354 g/mol. The zero-order valence-corrected chi connectivity index (χ0v) is 12.7. The summed E-state index contributed by atoms with van der Waals surface area (Å²) in [6.07, 6.45) is 1.60. The molecule has 0 aliphatic heterocycles. The fraction of sp³-hybridized carbons (Fsp3) is 0.250. The SMILES string of the molecule is OCC(Cc1ccc(F)cc1)Cc1ccc(I)cc1. The van der Waals surface area contributed by atoms with Crippen molar-refractivity contribution in [3.8, 4) is 0 Å². The minimum absolute atomic E-state index is 0.142. The number of hydrogen-bond donors (Lipinski definition) is 1. The lowest BCUT2D eigenvalue weighted by atomic mass is 9.93.